The summed E-state index contributed by atoms with van der Waals surface area (Å²) in [5, 5.41) is 0. The molecule has 0 spiro atoms. The topological polar surface area (TPSA) is 46.3 Å². The van der Waals surface area contributed by atoms with Gasteiger partial charge in [-0.15, -0.1) is 0 Å². The van der Waals surface area contributed by atoms with E-state index in [0.717, 1.165) is 41.0 Å². The number of fused-ring (bicyclic) bond motifs is 1. The summed E-state index contributed by atoms with van der Waals surface area (Å²) in [4.78, 5) is 14.4. The van der Waals surface area contributed by atoms with Crippen molar-refractivity contribution in [1.29, 1.82) is 0 Å². The molecule has 3 rings (SSSR count). The first-order chi connectivity index (χ1) is 9.66. The summed E-state index contributed by atoms with van der Waals surface area (Å²) in [5.41, 5.74) is 11.1. The van der Waals surface area contributed by atoms with Crippen LogP contribution in [0.2, 0.25) is 0 Å². The molecule has 0 atom stereocenters. The molecule has 0 fully saturated rings. The average molecular weight is 266 g/mol. The standard InChI is InChI=1S/C17H18N2O/c1-12-5-2-3-6-13(12)11-17(20)19-10-9-14-15(18)7-4-8-16(14)19/h2-8H,9-11,18H2,1H3. The predicted octanol–water partition coefficient (Wildman–Crippen LogP) is 2.71. The number of nitrogen functional groups attached to an aromatic ring is 1. The molecule has 102 valence electrons. The smallest absolute Gasteiger partial charge is 0.231 e. The summed E-state index contributed by atoms with van der Waals surface area (Å²) in [7, 11) is 0. The van der Waals surface area contributed by atoms with E-state index in [9.17, 15) is 4.79 Å². The fourth-order valence-electron chi connectivity index (χ4n) is 2.79. The summed E-state index contributed by atoms with van der Waals surface area (Å²) in [5.74, 6) is 0.142. The van der Waals surface area contributed by atoms with Crippen LogP contribution in [0.25, 0.3) is 0 Å². The van der Waals surface area contributed by atoms with Crippen molar-refractivity contribution < 1.29 is 4.79 Å². The second kappa shape index (κ2) is 5.00. The van der Waals surface area contributed by atoms with Crippen molar-refractivity contribution in [3.05, 3.63) is 59.2 Å². The molecule has 2 aromatic carbocycles. The molecule has 3 heteroatoms. The van der Waals surface area contributed by atoms with Crippen molar-refractivity contribution >= 4 is 17.3 Å². The molecule has 0 radical (unpaired) electrons. The monoisotopic (exact) mass is 266 g/mol. The van der Waals surface area contributed by atoms with Gasteiger partial charge in [0.1, 0.15) is 0 Å². The van der Waals surface area contributed by atoms with Gasteiger partial charge >= 0.3 is 0 Å². The first kappa shape index (κ1) is 12.7. The molecule has 1 amide bonds. The van der Waals surface area contributed by atoms with Gasteiger partial charge in [-0.2, -0.15) is 0 Å². The van der Waals surface area contributed by atoms with Gasteiger partial charge in [0, 0.05) is 23.5 Å². The van der Waals surface area contributed by atoms with Crippen LogP contribution in [0.1, 0.15) is 16.7 Å². The highest BCUT2D eigenvalue weighted by Crippen LogP contribution is 2.32. The Hall–Kier alpha value is -2.29. The normalized spacial score (nSPS) is 13.3. The Bertz CT molecular complexity index is 664. The Morgan fingerprint density at radius 1 is 1.20 bits per heavy atom. The summed E-state index contributed by atoms with van der Waals surface area (Å²) in [6, 6.07) is 13.8. The third-order valence-electron chi connectivity index (χ3n) is 3.97. The van der Waals surface area contributed by atoms with Gasteiger partial charge in [-0.05, 0) is 36.6 Å². The van der Waals surface area contributed by atoms with Crippen LogP contribution in [0.5, 0.6) is 0 Å². The third-order valence-corrected chi connectivity index (χ3v) is 3.97. The molecule has 3 nitrogen and oxygen atoms in total. The summed E-state index contributed by atoms with van der Waals surface area (Å²) in [6.45, 7) is 2.77. The van der Waals surface area contributed by atoms with Crippen LogP contribution in [0.15, 0.2) is 42.5 Å². The van der Waals surface area contributed by atoms with Crippen molar-refractivity contribution in [2.45, 2.75) is 19.8 Å². The Morgan fingerprint density at radius 3 is 2.80 bits per heavy atom. The number of hydrogen-bond donors (Lipinski definition) is 1. The molecular formula is C17H18N2O. The van der Waals surface area contributed by atoms with Crippen molar-refractivity contribution in [2.75, 3.05) is 17.2 Å². The molecule has 0 bridgehead atoms. The van der Waals surface area contributed by atoms with E-state index in [1.165, 1.54) is 0 Å². The second-order valence-corrected chi connectivity index (χ2v) is 5.24. The molecule has 2 N–H and O–H groups in total. The first-order valence-electron chi connectivity index (χ1n) is 6.89. The van der Waals surface area contributed by atoms with E-state index >= 15 is 0 Å². The van der Waals surface area contributed by atoms with Crippen LogP contribution in [0.4, 0.5) is 11.4 Å². The third kappa shape index (κ3) is 2.16. The number of carbonyl (C=O) groups excluding carboxylic acids is 1. The zero-order valence-electron chi connectivity index (χ0n) is 11.6. The lowest BCUT2D eigenvalue weighted by molar-refractivity contribution is -0.117. The average Bonchev–Trinajstić information content (AvgIpc) is 2.87. The van der Waals surface area contributed by atoms with Crippen LogP contribution in [-0.4, -0.2) is 12.5 Å². The van der Waals surface area contributed by atoms with E-state index in [0.29, 0.717) is 6.42 Å². The number of rotatable bonds is 2. The van der Waals surface area contributed by atoms with Gasteiger partial charge < -0.3 is 10.6 Å². The minimum atomic E-state index is 0.142. The van der Waals surface area contributed by atoms with Crippen molar-refractivity contribution in [3.8, 4) is 0 Å². The molecule has 20 heavy (non-hydrogen) atoms. The maximum absolute atomic E-state index is 12.5. The van der Waals surface area contributed by atoms with Crippen LogP contribution >= 0.6 is 0 Å². The van der Waals surface area contributed by atoms with Gasteiger partial charge in [-0.3, -0.25) is 4.79 Å². The SMILES string of the molecule is Cc1ccccc1CC(=O)N1CCc2c(N)cccc21. The Kier molecular flexibility index (Phi) is 3.18. The van der Waals surface area contributed by atoms with Gasteiger partial charge in [-0.1, -0.05) is 30.3 Å². The molecule has 2 aromatic rings. The number of hydrogen-bond acceptors (Lipinski definition) is 2. The van der Waals surface area contributed by atoms with Gasteiger partial charge in [0.05, 0.1) is 6.42 Å². The van der Waals surface area contributed by atoms with Crippen LogP contribution in [0.3, 0.4) is 0 Å². The molecule has 0 saturated heterocycles. The van der Waals surface area contributed by atoms with Gasteiger partial charge in [0.25, 0.3) is 0 Å². The highest BCUT2D eigenvalue weighted by atomic mass is 16.2. The molecule has 0 aromatic heterocycles. The predicted molar refractivity (Wildman–Crippen MR) is 81.8 cm³/mol. The quantitative estimate of drug-likeness (QED) is 0.849. The zero-order valence-corrected chi connectivity index (χ0v) is 11.6. The van der Waals surface area contributed by atoms with Crippen LogP contribution in [0, 0.1) is 6.92 Å². The van der Waals surface area contributed by atoms with Gasteiger partial charge in [-0.25, -0.2) is 0 Å². The fraction of sp³-hybridized carbons (Fsp3) is 0.235. The maximum Gasteiger partial charge on any atom is 0.231 e. The Labute approximate surface area is 119 Å². The van der Waals surface area contributed by atoms with Crippen molar-refractivity contribution in [3.63, 3.8) is 0 Å². The highest BCUT2D eigenvalue weighted by Gasteiger charge is 2.25. The summed E-state index contributed by atoms with van der Waals surface area (Å²) < 4.78 is 0. The largest absolute Gasteiger partial charge is 0.398 e. The number of benzene rings is 2. The second-order valence-electron chi connectivity index (χ2n) is 5.24. The number of amides is 1. The summed E-state index contributed by atoms with van der Waals surface area (Å²) >= 11 is 0. The minimum Gasteiger partial charge on any atom is -0.398 e. The molecule has 1 aliphatic heterocycles. The molecule has 1 heterocycles. The first-order valence-corrected chi connectivity index (χ1v) is 6.89. The maximum atomic E-state index is 12.5. The molecule has 1 aliphatic rings. The van der Waals surface area contributed by atoms with E-state index in [4.69, 9.17) is 5.73 Å². The van der Waals surface area contributed by atoms with Gasteiger partial charge in [0.2, 0.25) is 5.91 Å². The lowest BCUT2D eigenvalue weighted by Crippen LogP contribution is -2.30. The number of nitrogens with zero attached hydrogens (tertiary/aromatic N) is 1. The Balaban J connectivity index is 1.84. The Morgan fingerprint density at radius 2 is 2.00 bits per heavy atom. The fourth-order valence-corrected chi connectivity index (χ4v) is 2.79. The van der Waals surface area contributed by atoms with E-state index in [1.54, 1.807) is 0 Å². The number of anilines is 2. The lowest BCUT2D eigenvalue weighted by Gasteiger charge is -2.18. The lowest BCUT2D eigenvalue weighted by atomic mass is 10.1. The van der Waals surface area contributed by atoms with E-state index < -0.39 is 0 Å². The molecular weight excluding hydrogens is 248 g/mol. The zero-order chi connectivity index (χ0) is 14.1. The van der Waals surface area contributed by atoms with Crippen molar-refractivity contribution in [2.24, 2.45) is 0 Å². The number of carbonyl (C=O) groups is 1. The molecule has 0 unspecified atom stereocenters. The summed E-state index contributed by atoms with van der Waals surface area (Å²) in [6.07, 6.45) is 1.29. The molecule has 0 saturated carbocycles. The minimum absolute atomic E-state index is 0.142. The van der Waals surface area contributed by atoms with E-state index in [-0.39, 0.29) is 5.91 Å². The van der Waals surface area contributed by atoms with E-state index in [1.807, 2.05) is 54.3 Å². The van der Waals surface area contributed by atoms with Crippen LogP contribution < -0.4 is 10.6 Å². The van der Waals surface area contributed by atoms with Gasteiger partial charge in [0.15, 0.2) is 0 Å². The molecule has 0 aliphatic carbocycles. The highest BCUT2D eigenvalue weighted by molar-refractivity contribution is 5.97. The number of aryl methyl sites for hydroxylation is 1. The van der Waals surface area contributed by atoms with Crippen molar-refractivity contribution in [1.82, 2.24) is 0 Å². The number of nitrogens with two attached hydrogens (primary N) is 1. The van der Waals surface area contributed by atoms with Crippen LogP contribution in [-0.2, 0) is 17.6 Å². The van der Waals surface area contributed by atoms with E-state index in [2.05, 4.69) is 0 Å².